The number of benzene rings is 4. The quantitative estimate of drug-likeness (QED) is 0.233. The molecule has 1 heterocycles. The fraction of sp³-hybridized carbons (Fsp3) is 0.156. The van der Waals surface area contributed by atoms with Crippen LogP contribution in [0.2, 0.25) is 0 Å². The molecule has 38 heavy (non-hydrogen) atoms. The van der Waals surface area contributed by atoms with Crippen molar-refractivity contribution in [1.82, 2.24) is 4.98 Å². The highest BCUT2D eigenvalue weighted by Crippen LogP contribution is 2.41. The van der Waals surface area contributed by atoms with Crippen molar-refractivity contribution in [2.24, 2.45) is 0 Å². The molecule has 1 atom stereocenters. The Morgan fingerprint density at radius 3 is 1.97 bits per heavy atom. The van der Waals surface area contributed by atoms with Gasteiger partial charge in [0.15, 0.2) is 23.0 Å². The number of pyridine rings is 1. The summed E-state index contributed by atoms with van der Waals surface area (Å²) in [6.07, 6.45) is 0.644. The van der Waals surface area contributed by atoms with Crippen LogP contribution in [0, 0.1) is 0 Å². The second-order valence-electron chi connectivity index (χ2n) is 8.75. The molecule has 6 heteroatoms. The highest BCUT2D eigenvalue weighted by Gasteiger charge is 2.22. The van der Waals surface area contributed by atoms with Crippen molar-refractivity contribution in [3.63, 3.8) is 0 Å². The van der Waals surface area contributed by atoms with Crippen LogP contribution < -0.4 is 18.9 Å². The molecule has 6 nitrogen and oxygen atoms in total. The molecule has 0 aliphatic rings. The smallest absolute Gasteiger partial charge is 0.171 e. The van der Waals surface area contributed by atoms with Gasteiger partial charge in [-0.2, -0.15) is 0 Å². The van der Waals surface area contributed by atoms with E-state index in [1.807, 2.05) is 84.9 Å². The molecule has 0 aliphatic carbocycles. The standard InChI is InChI=1S/C32H29NO5/c1-35-27-16-13-24-17-18-33-30(29(24)32(27)38-21-23-11-7-4-8-12-23)31(34)25-14-15-26(28(19-25)36-2)37-20-22-9-5-3-6-10-22/h3-19,31,34H,20-21H2,1-2H3. The van der Waals surface area contributed by atoms with Crippen molar-refractivity contribution < 1.29 is 24.1 Å². The lowest BCUT2D eigenvalue weighted by atomic mass is 9.99. The van der Waals surface area contributed by atoms with Crippen molar-refractivity contribution in [1.29, 1.82) is 0 Å². The molecule has 0 fully saturated rings. The van der Waals surface area contributed by atoms with E-state index in [1.54, 1.807) is 32.5 Å². The molecular formula is C32H29NO5. The zero-order valence-corrected chi connectivity index (χ0v) is 21.3. The van der Waals surface area contributed by atoms with Crippen LogP contribution in [0.3, 0.4) is 0 Å². The minimum absolute atomic E-state index is 0.349. The largest absolute Gasteiger partial charge is 0.493 e. The molecule has 0 amide bonds. The summed E-state index contributed by atoms with van der Waals surface area (Å²) >= 11 is 0. The topological polar surface area (TPSA) is 70.0 Å². The number of rotatable bonds is 10. The van der Waals surface area contributed by atoms with Crippen molar-refractivity contribution in [2.75, 3.05) is 14.2 Å². The highest BCUT2D eigenvalue weighted by atomic mass is 16.5. The Morgan fingerprint density at radius 1 is 0.684 bits per heavy atom. The van der Waals surface area contributed by atoms with Gasteiger partial charge in [-0.15, -0.1) is 0 Å². The molecule has 192 valence electrons. The van der Waals surface area contributed by atoms with Gasteiger partial charge in [0.1, 0.15) is 19.3 Å². The first kappa shape index (κ1) is 25.1. The molecule has 0 saturated carbocycles. The average molecular weight is 508 g/mol. The summed E-state index contributed by atoms with van der Waals surface area (Å²) in [7, 11) is 3.18. The van der Waals surface area contributed by atoms with Gasteiger partial charge < -0.3 is 24.1 Å². The van der Waals surface area contributed by atoms with E-state index in [4.69, 9.17) is 18.9 Å². The Kier molecular flexibility index (Phi) is 7.71. The first-order chi connectivity index (χ1) is 18.7. The van der Waals surface area contributed by atoms with E-state index in [9.17, 15) is 5.11 Å². The zero-order chi connectivity index (χ0) is 26.3. The predicted octanol–water partition coefficient (Wildman–Crippen LogP) is 6.49. The van der Waals surface area contributed by atoms with E-state index < -0.39 is 6.10 Å². The zero-order valence-electron chi connectivity index (χ0n) is 21.3. The molecule has 1 unspecified atom stereocenters. The van der Waals surface area contributed by atoms with Crippen molar-refractivity contribution in [2.45, 2.75) is 19.3 Å². The van der Waals surface area contributed by atoms with Gasteiger partial charge in [-0.1, -0.05) is 72.8 Å². The molecule has 0 aliphatic heterocycles. The van der Waals surface area contributed by atoms with Gasteiger partial charge in [0.05, 0.1) is 25.3 Å². The van der Waals surface area contributed by atoms with Crippen LogP contribution in [-0.4, -0.2) is 24.3 Å². The molecule has 0 saturated heterocycles. The molecule has 1 N–H and O–H groups in total. The van der Waals surface area contributed by atoms with Gasteiger partial charge in [0, 0.05) is 6.20 Å². The first-order valence-electron chi connectivity index (χ1n) is 12.3. The lowest BCUT2D eigenvalue weighted by molar-refractivity contribution is 0.215. The fourth-order valence-electron chi connectivity index (χ4n) is 4.35. The summed E-state index contributed by atoms with van der Waals surface area (Å²) in [5.41, 5.74) is 3.15. The Hall–Kier alpha value is -4.55. The molecule has 0 radical (unpaired) electrons. The van der Waals surface area contributed by atoms with Gasteiger partial charge in [-0.25, -0.2) is 0 Å². The molecule has 5 aromatic rings. The summed E-state index contributed by atoms with van der Waals surface area (Å²) in [6.45, 7) is 0.758. The maximum absolute atomic E-state index is 11.5. The molecule has 5 rings (SSSR count). The van der Waals surface area contributed by atoms with Crippen LogP contribution in [0.5, 0.6) is 23.0 Å². The van der Waals surface area contributed by atoms with Gasteiger partial charge in [0.2, 0.25) is 0 Å². The third-order valence-corrected chi connectivity index (χ3v) is 6.32. The molecular weight excluding hydrogens is 478 g/mol. The fourth-order valence-corrected chi connectivity index (χ4v) is 4.35. The third kappa shape index (κ3) is 5.41. The first-order valence-corrected chi connectivity index (χ1v) is 12.3. The van der Waals surface area contributed by atoms with Crippen molar-refractivity contribution >= 4 is 10.8 Å². The third-order valence-electron chi connectivity index (χ3n) is 6.32. The van der Waals surface area contributed by atoms with E-state index >= 15 is 0 Å². The molecule has 0 spiro atoms. The SMILES string of the molecule is COc1cc(C(O)c2nccc3ccc(OC)c(OCc4ccccc4)c23)ccc1OCc1ccccc1. The Morgan fingerprint density at radius 2 is 1.32 bits per heavy atom. The Labute approximate surface area is 222 Å². The van der Waals surface area contributed by atoms with E-state index in [1.165, 1.54) is 0 Å². The lowest BCUT2D eigenvalue weighted by Gasteiger charge is -2.19. The normalized spacial score (nSPS) is 11.7. The Bertz CT molecular complexity index is 1510. The van der Waals surface area contributed by atoms with Crippen LogP contribution in [0.4, 0.5) is 0 Å². The van der Waals surface area contributed by atoms with E-state index in [0.717, 1.165) is 16.5 Å². The summed E-state index contributed by atoms with van der Waals surface area (Å²) < 4.78 is 23.5. The minimum Gasteiger partial charge on any atom is -0.493 e. The van der Waals surface area contributed by atoms with Crippen LogP contribution >= 0.6 is 0 Å². The van der Waals surface area contributed by atoms with E-state index in [0.29, 0.717) is 52.9 Å². The number of fused-ring (bicyclic) bond motifs is 1. The molecule has 1 aromatic heterocycles. The number of methoxy groups -OCH3 is 2. The number of hydrogen-bond donors (Lipinski definition) is 1. The number of aromatic nitrogens is 1. The lowest BCUT2D eigenvalue weighted by Crippen LogP contribution is -2.07. The molecule has 4 aromatic carbocycles. The maximum Gasteiger partial charge on any atom is 0.171 e. The van der Waals surface area contributed by atoms with Gasteiger partial charge in [-0.05, 0) is 46.3 Å². The summed E-state index contributed by atoms with van der Waals surface area (Å²) in [5.74, 6) is 2.21. The van der Waals surface area contributed by atoms with E-state index in [2.05, 4.69) is 4.98 Å². The second-order valence-corrected chi connectivity index (χ2v) is 8.75. The van der Waals surface area contributed by atoms with Gasteiger partial charge in [0.25, 0.3) is 0 Å². The highest BCUT2D eigenvalue weighted by molar-refractivity contribution is 5.93. The minimum atomic E-state index is -1.04. The second kappa shape index (κ2) is 11.7. The molecule has 0 bridgehead atoms. The Balaban J connectivity index is 1.48. The summed E-state index contributed by atoms with van der Waals surface area (Å²) in [4.78, 5) is 4.57. The number of nitrogens with zero attached hydrogens (tertiary/aromatic N) is 1. The van der Waals surface area contributed by atoms with Crippen LogP contribution in [-0.2, 0) is 13.2 Å². The van der Waals surface area contributed by atoms with E-state index in [-0.39, 0.29) is 0 Å². The summed E-state index contributed by atoms with van der Waals surface area (Å²) in [5, 5.41) is 13.1. The number of hydrogen-bond acceptors (Lipinski definition) is 6. The predicted molar refractivity (Wildman–Crippen MR) is 147 cm³/mol. The van der Waals surface area contributed by atoms with Crippen LogP contribution in [0.25, 0.3) is 10.8 Å². The van der Waals surface area contributed by atoms with Crippen molar-refractivity contribution in [3.8, 4) is 23.0 Å². The number of aliphatic hydroxyl groups is 1. The van der Waals surface area contributed by atoms with Crippen molar-refractivity contribution in [3.05, 3.63) is 126 Å². The maximum atomic E-state index is 11.5. The van der Waals surface area contributed by atoms with Gasteiger partial charge in [-0.3, -0.25) is 4.98 Å². The van der Waals surface area contributed by atoms with Gasteiger partial charge >= 0.3 is 0 Å². The number of aliphatic hydroxyl groups excluding tert-OH is 1. The monoisotopic (exact) mass is 507 g/mol. The average Bonchev–Trinajstić information content (AvgIpc) is 2.99. The summed E-state index contributed by atoms with van der Waals surface area (Å²) in [6, 6.07) is 30.9. The van der Waals surface area contributed by atoms with Crippen LogP contribution in [0.1, 0.15) is 28.5 Å². The number of ether oxygens (including phenoxy) is 4. The van der Waals surface area contributed by atoms with Crippen LogP contribution in [0.15, 0.2) is 103 Å².